The third-order valence-electron chi connectivity index (χ3n) is 2.53. The standard InChI is InChI=1S/C13H20ClN3O/c1-3-17(4-2)13(15)16-9-10-18-12-7-5-11(14)6-8-12/h5-8H,3-4,9-10H2,1-2H3,(H2,15,16). The van der Waals surface area contributed by atoms with Crippen molar-refractivity contribution < 1.29 is 4.74 Å². The van der Waals surface area contributed by atoms with Crippen LogP contribution in [0.2, 0.25) is 5.02 Å². The van der Waals surface area contributed by atoms with Crippen molar-refractivity contribution in [2.24, 2.45) is 10.7 Å². The summed E-state index contributed by atoms with van der Waals surface area (Å²) >= 11 is 5.78. The number of ether oxygens (including phenoxy) is 1. The van der Waals surface area contributed by atoms with E-state index in [-0.39, 0.29) is 0 Å². The van der Waals surface area contributed by atoms with E-state index in [2.05, 4.69) is 18.8 Å². The van der Waals surface area contributed by atoms with Gasteiger partial charge in [0.25, 0.3) is 0 Å². The maximum Gasteiger partial charge on any atom is 0.191 e. The van der Waals surface area contributed by atoms with Crippen LogP contribution in [0, 0.1) is 0 Å². The minimum absolute atomic E-state index is 0.504. The number of guanidine groups is 1. The van der Waals surface area contributed by atoms with Crippen LogP contribution in [0.1, 0.15) is 13.8 Å². The summed E-state index contributed by atoms with van der Waals surface area (Å²) in [6.07, 6.45) is 0. The predicted molar refractivity (Wildman–Crippen MR) is 76.4 cm³/mol. The summed E-state index contributed by atoms with van der Waals surface area (Å²) in [5.74, 6) is 1.36. The average Bonchev–Trinajstić information content (AvgIpc) is 2.38. The third kappa shape index (κ3) is 4.84. The molecule has 0 saturated carbocycles. The van der Waals surface area contributed by atoms with Gasteiger partial charge in [0.15, 0.2) is 5.96 Å². The fraction of sp³-hybridized carbons (Fsp3) is 0.462. The molecule has 0 aliphatic heterocycles. The van der Waals surface area contributed by atoms with E-state index in [0.29, 0.717) is 24.1 Å². The Hall–Kier alpha value is -1.42. The highest BCUT2D eigenvalue weighted by Gasteiger charge is 2.01. The molecular weight excluding hydrogens is 250 g/mol. The Morgan fingerprint density at radius 1 is 1.28 bits per heavy atom. The number of hydrogen-bond acceptors (Lipinski definition) is 2. The number of hydrogen-bond donors (Lipinski definition) is 1. The van der Waals surface area contributed by atoms with Crippen LogP contribution in [-0.2, 0) is 0 Å². The highest BCUT2D eigenvalue weighted by Crippen LogP contribution is 2.15. The summed E-state index contributed by atoms with van der Waals surface area (Å²) < 4.78 is 5.52. The summed E-state index contributed by atoms with van der Waals surface area (Å²) in [4.78, 5) is 6.27. The molecule has 0 amide bonds. The van der Waals surface area contributed by atoms with E-state index in [4.69, 9.17) is 22.1 Å². The molecular formula is C13H20ClN3O. The van der Waals surface area contributed by atoms with Crippen molar-refractivity contribution in [3.05, 3.63) is 29.3 Å². The minimum Gasteiger partial charge on any atom is -0.492 e. The Labute approximate surface area is 113 Å². The van der Waals surface area contributed by atoms with Gasteiger partial charge >= 0.3 is 0 Å². The van der Waals surface area contributed by atoms with Crippen LogP contribution in [0.4, 0.5) is 0 Å². The first-order valence-corrected chi connectivity index (χ1v) is 6.48. The average molecular weight is 270 g/mol. The highest BCUT2D eigenvalue weighted by molar-refractivity contribution is 6.30. The van der Waals surface area contributed by atoms with Gasteiger partial charge in [-0.05, 0) is 38.1 Å². The van der Waals surface area contributed by atoms with E-state index in [1.54, 1.807) is 12.1 Å². The van der Waals surface area contributed by atoms with Crippen LogP contribution in [0.15, 0.2) is 29.3 Å². The molecule has 1 aromatic rings. The van der Waals surface area contributed by atoms with Crippen molar-refractivity contribution in [1.82, 2.24) is 4.90 Å². The molecule has 4 nitrogen and oxygen atoms in total. The second kappa shape index (κ2) is 7.82. The predicted octanol–water partition coefficient (Wildman–Crippen LogP) is 2.38. The van der Waals surface area contributed by atoms with Gasteiger partial charge in [0.2, 0.25) is 0 Å². The Balaban J connectivity index is 2.33. The molecule has 0 heterocycles. The van der Waals surface area contributed by atoms with E-state index in [0.717, 1.165) is 18.8 Å². The van der Waals surface area contributed by atoms with Crippen molar-refractivity contribution in [2.75, 3.05) is 26.2 Å². The zero-order valence-electron chi connectivity index (χ0n) is 10.9. The number of nitrogens with zero attached hydrogens (tertiary/aromatic N) is 2. The van der Waals surface area contributed by atoms with Crippen LogP contribution in [0.3, 0.4) is 0 Å². The molecule has 5 heteroatoms. The van der Waals surface area contributed by atoms with Gasteiger partial charge in [0.05, 0.1) is 6.54 Å². The second-order valence-electron chi connectivity index (χ2n) is 3.71. The van der Waals surface area contributed by atoms with Crippen LogP contribution in [0.25, 0.3) is 0 Å². The van der Waals surface area contributed by atoms with Crippen LogP contribution < -0.4 is 10.5 Å². The summed E-state index contributed by atoms with van der Waals surface area (Å²) in [6.45, 7) is 6.88. The maximum absolute atomic E-state index is 5.84. The van der Waals surface area contributed by atoms with Crippen LogP contribution >= 0.6 is 11.6 Å². The normalized spacial score (nSPS) is 11.4. The fourth-order valence-electron chi connectivity index (χ4n) is 1.50. The van der Waals surface area contributed by atoms with Crippen LogP contribution in [0.5, 0.6) is 5.75 Å². The summed E-state index contributed by atoms with van der Waals surface area (Å²) in [7, 11) is 0. The lowest BCUT2D eigenvalue weighted by molar-refractivity contribution is 0.327. The molecule has 0 atom stereocenters. The number of rotatable bonds is 6. The van der Waals surface area contributed by atoms with Gasteiger partial charge < -0.3 is 15.4 Å². The smallest absolute Gasteiger partial charge is 0.191 e. The van der Waals surface area contributed by atoms with Gasteiger partial charge in [0.1, 0.15) is 12.4 Å². The van der Waals surface area contributed by atoms with E-state index in [9.17, 15) is 0 Å². The van der Waals surface area contributed by atoms with Crippen molar-refractivity contribution in [1.29, 1.82) is 0 Å². The highest BCUT2D eigenvalue weighted by atomic mass is 35.5. The SMILES string of the molecule is CCN(CC)C(N)=NCCOc1ccc(Cl)cc1. The molecule has 0 radical (unpaired) electrons. The molecule has 0 aliphatic rings. The Morgan fingerprint density at radius 2 is 1.89 bits per heavy atom. The molecule has 1 rings (SSSR count). The van der Waals surface area contributed by atoms with Gasteiger partial charge in [-0.15, -0.1) is 0 Å². The van der Waals surface area contributed by atoms with Crippen molar-refractivity contribution in [3.63, 3.8) is 0 Å². The molecule has 0 fully saturated rings. The summed E-state index contributed by atoms with van der Waals surface area (Å²) in [6, 6.07) is 7.26. The molecule has 0 bridgehead atoms. The van der Waals surface area contributed by atoms with Gasteiger partial charge in [-0.2, -0.15) is 0 Å². The van der Waals surface area contributed by atoms with Crippen molar-refractivity contribution in [3.8, 4) is 5.75 Å². The number of nitrogens with two attached hydrogens (primary N) is 1. The largest absolute Gasteiger partial charge is 0.492 e. The third-order valence-corrected chi connectivity index (χ3v) is 2.79. The summed E-state index contributed by atoms with van der Waals surface area (Å²) in [5, 5.41) is 0.700. The first-order chi connectivity index (χ1) is 8.67. The van der Waals surface area contributed by atoms with Crippen LogP contribution in [-0.4, -0.2) is 37.1 Å². The Bertz CT molecular complexity index is 374. The maximum atomic E-state index is 5.84. The second-order valence-corrected chi connectivity index (χ2v) is 4.15. The zero-order chi connectivity index (χ0) is 13.4. The lowest BCUT2D eigenvalue weighted by atomic mass is 10.3. The Morgan fingerprint density at radius 3 is 2.44 bits per heavy atom. The topological polar surface area (TPSA) is 50.8 Å². The van der Waals surface area contributed by atoms with E-state index in [1.165, 1.54) is 0 Å². The first kappa shape index (κ1) is 14.6. The van der Waals surface area contributed by atoms with E-state index < -0.39 is 0 Å². The monoisotopic (exact) mass is 269 g/mol. The quantitative estimate of drug-likeness (QED) is 0.490. The molecule has 1 aromatic carbocycles. The summed E-state index contributed by atoms with van der Waals surface area (Å²) in [5.41, 5.74) is 5.84. The lowest BCUT2D eigenvalue weighted by Crippen LogP contribution is -2.37. The fourth-order valence-corrected chi connectivity index (χ4v) is 1.63. The first-order valence-electron chi connectivity index (χ1n) is 6.10. The number of aliphatic imine (C=N–C) groups is 1. The molecule has 18 heavy (non-hydrogen) atoms. The lowest BCUT2D eigenvalue weighted by Gasteiger charge is -2.19. The molecule has 100 valence electrons. The molecule has 2 N–H and O–H groups in total. The van der Waals surface area contributed by atoms with Gasteiger partial charge in [-0.3, -0.25) is 0 Å². The minimum atomic E-state index is 0.504. The molecule has 0 aliphatic carbocycles. The van der Waals surface area contributed by atoms with E-state index >= 15 is 0 Å². The number of benzene rings is 1. The van der Waals surface area contributed by atoms with Crippen molar-refractivity contribution >= 4 is 17.6 Å². The Kier molecular flexibility index (Phi) is 6.36. The van der Waals surface area contributed by atoms with E-state index in [1.807, 2.05) is 17.0 Å². The number of halogens is 1. The van der Waals surface area contributed by atoms with Gasteiger partial charge in [-0.1, -0.05) is 11.6 Å². The van der Waals surface area contributed by atoms with Gasteiger partial charge in [0, 0.05) is 18.1 Å². The molecule has 0 spiro atoms. The molecule has 0 aromatic heterocycles. The molecule has 0 unspecified atom stereocenters. The van der Waals surface area contributed by atoms with Crippen molar-refractivity contribution in [2.45, 2.75) is 13.8 Å². The zero-order valence-corrected chi connectivity index (χ0v) is 11.7. The van der Waals surface area contributed by atoms with Gasteiger partial charge in [-0.25, -0.2) is 4.99 Å². The molecule has 0 saturated heterocycles.